The van der Waals surface area contributed by atoms with E-state index in [4.69, 9.17) is 0 Å². The third-order valence-corrected chi connectivity index (χ3v) is 3.18. The highest BCUT2D eigenvalue weighted by Gasteiger charge is 2.13. The minimum absolute atomic E-state index is 0.770. The largest absolute Gasteiger partial charge is 0.309 e. The Morgan fingerprint density at radius 2 is 2.33 bits per heavy atom. The Morgan fingerprint density at radius 1 is 1.50 bits per heavy atom. The zero-order chi connectivity index (χ0) is 8.23. The molecule has 0 saturated heterocycles. The lowest BCUT2D eigenvalue weighted by Gasteiger charge is -2.09. The van der Waals surface area contributed by atoms with E-state index < -0.39 is 0 Å². The topological polar surface area (TPSA) is 24.9 Å². The predicted molar refractivity (Wildman–Crippen MR) is 51.2 cm³/mol. The highest BCUT2D eigenvalue weighted by molar-refractivity contribution is 7.09. The summed E-state index contributed by atoms with van der Waals surface area (Å²) in [4.78, 5) is 5.39. The normalized spacial score (nSPS) is 18.7. The first kappa shape index (κ1) is 8.20. The summed E-state index contributed by atoms with van der Waals surface area (Å²) in [6.07, 6.45) is 7.48. The molecule has 0 aromatic carbocycles. The highest BCUT2D eigenvalue weighted by Crippen LogP contribution is 2.18. The van der Waals surface area contributed by atoms with Gasteiger partial charge in [0, 0.05) is 23.7 Å². The predicted octanol–water partition coefficient (Wildman–Crippen LogP) is 2.18. The molecule has 2 nitrogen and oxygen atoms in total. The minimum Gasteiger partial charge on any atom is -0.309 e. The average Bonchev–Trinajstić information content (AvgIpc) is 2.74. The summed E-state index contributed by atoms with van der Waals surface area (Å²) in [5.74, 6) is 0. The standard InChI is InChI=1S/C9H14N2S/c1-2-4-8(3-1)11-6-9-5-10-7-12-9/h5,7-8,11H,1-4,6H2. The number of nitrogens with zero attached hydrogens (tertiary/aromatic N) is 1. The molecule has 1 aromatic rings. The first-order chi connectivity index (χ1) is 5.95. The molecule has 1 heterocycles. The van der Waals surface area contributed by atoms with Crippen molar-refractivity contribution in [1.29, 1.82) is 0 Å². The van der Waals surface area contributed by atoms with Crippen LogP contribution in [-0.2, 0) is 6.54 Å². The quantitative estimate of drug-likeness (QED) is 0.775. The van der Waals surface area contributed by atoms with Gasteiger partial charge in [0.05, 0.1) is 5.51 Å². The third kappa shape index (κ3) is 2.05. The molecule has 1 N–H and O–H groups in total. The summed E-state index contributed by atoms with van der Waals surface area (Å²) in [5.41, 5.74) is 1.89. The van der Waals surface area contributed by atoms with Crippen molar-refractivity contribution in [3.63, 3.8) is 0 Å². The Hall–Kier alpha value is -0.410. The van der Waals surface area contributed by atoms with E-state index in [0.717, 1.165) is 12.6 Å². The van der Waals surface area contributed by atoms with E-state index >= 15 is 0 Å². The van der Waals surface area contributed by atoms with Gasteiger partial charge in [-0.05, 0) is 12.8 Å². The Bertz CT molecular complexity index is 214. The second kappa shape index (κ2) is 4.01. The van der Waals surface area contributed by atoms with Crippen molar-refractivity contribution in [3.05, 3.63) is 16.6 Å². The monoisotopic (exact) mass is 182 g/mol. The van der Waals surface area contributed by atoms with E-state index in [2.05, 4.69) is 10.3 Å². The van der Waals surface area contributed by atoms with Gasteiger partial charge in [-0.15, -0.1) is 11.3 Å². The van der Waals surface area contributed by atoms with Gasteiger partial charge in [0.1, 0.15) is 0 Å². The van der Waals surface area contributed by atoms with Crippen LogP contribution >= 0.6 is 11.3 Å². The summed E-state index contributed by atoms with van der Waals surface area (Å²) in [7, 11) is 0. The van der Waals surface area contributed by atoms with Crippen molar-refractivity contribution in [2.75, 3.05) is 0 Å². The lowest BCUT2D eigenvalue weighted by molar-refractivity contribution is 0.527. The molecule has 1 saturated carbocycles. The van der Waals surface area contributed by atoms with E-state index in [1.807, 2.05) is 11.7 Å². The second-order valence-corrected chi connectivity index (χ2v) is 4.30. The van der Waals surface area contributed by atoms with Gasteiger partial charge in [-0.3, -0.25) is 4.98 Å². The van der Waals surface area contributed by atoms with Crippen molar-refractivity contribution in [2.45, 2.75) is 38.3 Å². The SMILES string of the molecule is c1ncc(CNC2CCCC2)s1. The van der Waals surface area contributed by atoms with E-state index in [1.165, 1.54) is 30.6 Å². The van der Waals surface area contributed by atoms with Crippen LogP contribution in [0.25, 0.3) is 0 Å². The zero-order valence-electron chi connectivity index (χ0n) is 7.12. The Balaban J connectivity index is 1.74. The summed E-state index contributed by atoms with van der Waals surface area (Å²) in [5, 5.41) is 3.55. The fourth-order valence-corrected chi connectivity index (χ4v) is 2.25. The molecule has 2 rings (SSSR count). The fourth-order valence-electron chi connectivity index (χ4n) is 1.70. The molecular formula is C9H14N2S. The van der Waals surface area contributed by atoms with Gasteiger partial charge in [0.25, 0.3) is 0 Å². The van der Waals surface area contributed by atoms with Crippen molar-refractivity contribution in [3.8, 4) is 0 Å². The number of thiazole rings is 1. The van der Waals surface area contributed by atoms with E-state index in [-0.39, 0.29) is 0 Å². The Labute approximate surface area is 77.0 Å². The van der Waals surface area contributed by atoms with Crippen molar-refractivity contribution in [2.24, 2.45) is 0 Å². The van der Waals surface area contributed by atoms with Gasteiger partial charge in [0.15, 0.2) is 0 Å². The number of rotatable bonds is 3. The van der Waals surface area contributed by atoms with Crippen molar-refractivity contribution >= 4 is 11.3 Å². The molecule has 0 bridgehead atoms. The van der Waals surface area contributed by atoms with Crippen LogP contribution in [0.3, 0.4) is 0 Å². The molecule has 0 amide bonds. The van der Waals surface area contributed by atoms with Gasteiger partial charge < -0.3 is 5.32 Å². The van der Waals surface area contributed by atoms with Crippen molar-refractivity contribution < 1.29 is 0 Å². The maximum atomic E-state index is 4.05. The lowest BCUT2D eigenvalue weighted by Crippen LogP contribution is -2.24. The van der Waals surface area contributed by atoms with Crippen LogP contribution in [0.15, 0.2) is 11.7 Å². The lowest BCUT2D eigenvalue weighted by atomic mass is 10.2. The molecule has 66 valence electrons. The van der Waals surface area contributed by atoms with Crippen LogP contribution in [0.1, 0.15) is 30.6 Å². The summed E-state index contributed by atoms with van der Waals surface area (Å²) >= 11 is 1.73. The molecule has 1 aromatic heterocycles. The highest BCUT2D eigenvalue weighted by atomic mass is 32.1. The summed E-state index contributed by atoms with van der Waals surface area (Å²) < 4.78 is 0. The van der Waals surface area contributed by atoms with Crippen LogP contribution in [0.2, 0.25) is 0 Å². The Morgan fingerprint density at radius 3 is 3.00 bits per heavy atom. The maximum Gasteiger partial charge on any atom is 0.0794 e. The van der Waals surface area contributed by atoms with E-state index in [0.29, 0.717) is 0 Å². The van der Waals surface area contributed by atoms with Crippen LogP contribution in [-0.4, -0.2) is 11.0 Å². The molecule has 12 heavy (non-hydrogen) atoms. The Kier molecular flexibility index (Phi) is 2.74. The average molecular weight is 182 g/mol. The molecule has 1 fully saturated rings. The van der Waals surface area contributed by atoms with Crippen molar-refractivity contribution in [1.82, 2.24) is 10.3 Å². The number of hydrogen-bond donors (Lipinski definition) is 1. The van der Waals surface area contributed by atoms with Crippen LogP contribution in [0, 0.1) is 0 Å². The number of aromatic nitrogens is 1. The maximum absolute atomic E-state index is 4.05. The first-order valence-electron chi connectivity index (χ1n) is 4.56. The molecule has 3 heteroatoms. The second-order valence-electron chi connectivity index (χ2n) is 3.33. The van der Waals surface area contributed by atoms with Gasteiger partial charge >= 0.3 is 0 Å². The molecule has 0 aliphatic heterocycles. The smallest absolute Gasteiger partial charge is 0.0794 e. The molecule has 0 radical (unpaired) electrons. The molecular weight excluding hydrogens is 168 g/mol. The molecule has 0 unspecified atom stereocenters. The molecule has 0 spiro atoms. The van der Waals surface area contributed by atoms with Gasteiger partial charge in [-0.2, -0.15) is 0 Å². The minimum atomic E-state index is 0.770. The summed E-state index contributed by atoms with van der Waals surface area (Å²) in [6.45, 7) is 1.01. The van der Waals surface area contributed by atoms with E-state index in [1.54, 1.807) is 11.3 Å². The third-order valence-electron chi connectivity index (χ3n) is 2.40. The fraction of sp³-hybridized carbons (Fsp3) is 0.667. The van der Waals surface area contributed by atoms with Crippen LogP contribution in [0.5, 0.6) is 0 Å². The van der Waals surface area contributed by atoms with Gasteiger partial charge in [-0.25, -0.2) is 0 Å². The number of hydrogen-bond acceptors (Lipinski definition) is 3. The van der Waals surface area contributed by atoms with Crippen LogP contribution < -0.4 is 5.32 Å². The zero-order valence-corrected chi connectivity index (χ0v) is 7.94. The summed E-state index contributed by atoms with van der Waals surface area (Å²) in [6, 6.07) is 0.770. The first-order valence-corrected chi connectivity index (χ1v) is 5.44. The molecule has 1 aliphatic rings. The van der Waals surface area contributed by atoms with E-state index in [9.17, 15) is 0 Å². The number of nitrogens with one attached hydrogen (secondary N) is 1. The van der Waals surface area contributed by atoms with Gasteiger partial charge in [-0.1, -0.05) is 12.8 Å². The molecule has 0 atom stereocenters. The van der Waals surface area contributed by atoms with Gasteiger partial charge in [0.2, 0.25) is 0 Å². The molecule has 1 aliphatic carbocycles. The van der Waals surface area contributed by atoms with Crippen LogP contribution in [0.4, 0.5) is 0 Å².